The van der Waals surface area contributed by atoms with Crippen molar-refractivity contribution in [1.82, 2.24) is 5.32 Å². The molecule has 2 unspecified atom stereocenters. The molecule has 0 amide bonds. The molecule has 0 aromatic rings. The number of rotatable bonds is 7. The van der Waals surface area contributed by atoms with Crippen LogP contribution in [0.2, 0.25) is 0 Å². The predicted molar refractivity (Wildman–Crippen MR) is 57.9 cm³/mol. The Hall–Kier alpha value is -0.330. The Labute approximate surface area is 99.7 Å². The number of halogens is 3. The summed E-state index contributed by atoms with van der Waals surface area (Å²) in [4.78, 5) is 0. The number of hydrogen-bond acceptors (Lipinski definition) is 3. The third-order valence-corrected chi connectivity index (χ3v) is 2.88. The van der Waals surface area contributed by atoms with E-state index in [4.69, 9.17) is 4.74 Å². The van der Waals surface area contributed by atoms with Gasteiger partial charge in [-0.15, -0.1) is 0 Å². The minimum Gasteiger partial charge on any atom is -0.381 e. The van der Waals surface area contributed by atoms with Gasteiger partial charge in [0.1, 0.15) is 6.61 Å². The summed E-state index contributed by atoms with van der Waals surface area (Å²) < 4.78 is 45.0. The van der Waals surface area contributed by atoms with E-state index in [9.17, 15) is 13.2 Å². The van der Waals surface area contributed by atoms with Gasteiger partial charge in [-0.25, -0.2) is 0 Å². The van der Waals surface area contributed by atoms with Gasteiger partial charge >= 0.3 is 6.18 Å². The van der Waals surface area contributed by atoms with Crippen LogP contribution in [-0.2, 0) is 9.47 Å². The van der Waals surface area contributed by atoms with E-state index in [0.717, 1.165) is 19.3 Å². The van der Waals surface area contributed by atoms with Gasteiger partial charge in [0, 0.05) is 19.8 Å². The van der Waals surface area contributed by atoms with Crippen molar-refractivity contribution in [3.8, 4) is 0 Å². The van der Waals surface area contributed by atoms with Crippen molar-refractivity contribution in [2.75, 3.05) is 26.9 Å². The molecule has 6 heteroatoms. The molecule has 0 saturated heterocycles. The Morgan fingerprint density at radius 3 is 2.65 bits per heavy atom. The lowest BCUT2D eigenvalue weighted by Gasteiger charge is -2.13. The van der Waals surface area contributed by atoms with Crippen molar-refractivity contribution in [3.05, 3.63) is 0 Å². The summed E-state index contributed by atoms with van der Waals surface area (Å²) in [7, 11) is 1.71. The Bertz CT molecular complexity index is 211. The zero-order valence-electron chi connectivity index (χ0n) is 10.1. The monoisotopic (exact) mass is 255 g/mol. The lowest BCUT2D eigenvalue weighted by atomic mass is 10.2. The number of hydrogen-bond donors (Lipinski definition) is 1. The van der Waals surface area contributed by atoms with Gasteiger partial charge in [-0.05, 0) is 32.2 Å². The summed E-state index contributed by atoms with van der Waals surface area (Å²) in [5.74, 6) is 0. The second-order valence-electron chi connectivity index (χ2n) is 4.34. The standard InChI is InChI=1S/C11H20F3NO2/c1-16-10-4-3-9(7-10)15-5-2-6-17-8-11(12,13)14/h9-10,15H,2-8H2,1H3. The van der Waals surface area contributed by atoms with E-state index >= 15 is 0 Å². The molecule has 0 bridgehead atoms. The highest BCUT2D eigenvalue weighted by Gasteiger charge is 2.27. The SMILES string of the molecule is COC1CCC(NCCCOCC(F)(F)F)C1. The molecule has 3 nitrogen and oxygen atoms in total. The van der Waals surface area contributed by atoms with Gasteiger partial charge in [0.15, 0.2) is 0 Å². The van der Waals surface area contributed by atoms with Crippen LogP contribution in [0.3, 0.4) is 0 Å². The normalized spacial score (nSPS) is 25.4. The Balaban J connectivity index is 1.91. The fourth-order valence-electron chi connectivity index (χ4n) is 2.01. The van der Waals surface area contributed by atoms with Crippen molar-refractivity contribution in [1.29, 1.82) is 0 Å². The molecule has 0 spiro atoms. The van der Waals surface area contributed by atoms with E-state index in [-0.39, 0.29) is 6.61 Å². The summed E-state index contributed by atoms with van der Waals surface area (Å²) in [6.45, 7) is -0.311. The molecule has 1 aliphatic carbocycles. The molecule has 1 rings (SSSR count). The summed E-state index contributed by atoms with van der Waals surface area (Å²) in [6.07, 6.45) is -0.177. The second-order valence-corrected chi connectivity index (χ2v) is 4.34. The van der Waals surface area contributed by atoms with Gasteiger partial charge in [0.2, 0.25) is 0 Å². The van der Waals surface area contributed by atoms with Crippen molar-refractivity contribution >= 4 is 0 Å². The molecule has 1 saturated carbocycles. The lowest BCUT2D eigenvalue weighted by Crippen LogP contribution is -2.29. The summed E-state index contributed by atoms with van der Waals surface area (Å²) in [6, 6.07) is 0.433. The van der Waals surface area contributed by atoms with Crippen LogP contribution in [0, 0.1) is 0 Å². The third kappa shape index (κ3) is 6.85. The van der Waals surface area contributed by atoms with Crippen molar-refractivity contribution in [3.63, 3.8) is 0 Å². The first-order valence-corrected chi connectivity index (χ1v) is 5.92. The van der Waals surface area contributed by atoms with Gasteiger partial charge in [0.25, 0.3) is 0 Å². The maximum Gasteiger partial charge on any atom is 0.411 e. The Kier molecular flexibility index (Phi) is 6.22. The fraction of sp³-hybridized carbons (Fsp3) is 1.00. The van der Waals surface area contributed by atoms with Crippen LogP contribution in [0.5, 0.6) is 0 Å². The van der Waals surface area contributed by atoms with Gasteiger partial charge in [-0.3, -0.25) is 0 Å². The third-order valence-electron chi connectivity index (χ3n) is 2.88. The molecular formula is C11H20F3NO2. The second kappa shape index (κ2) is 7.18. The zero-order valence-corrected chi connectivity index (χ0v) is 10.1. The van der Waals surface area contributed by atoms with Crippen molar-refractivity contribution in [2.45, 2.75) is 44.0 Å². The smallest absolute Gasteiger partial charge is 0.381 e. The maximum absolute atomic E-state index is 11.7. The van der Waals surface area contributed by atoms with E-state index in [1.165, 1.54) is 0 Å². The lowest BCUT2D eigenvalue weighted by molar-refractivity contribution is -0.173. The Morgan fingerprint density at radius 1 is 1.29 bits per heavy atom. The van der Waals surface area contributed by atoms with Crippen LogP contribution in [-0.4, -0.2) is 45.2 Å². The number of nitrogens with one attached hydrogen (secondary N) is 1. The topological polar surface area (TPSA) is 30.5 Å². The molecule has 1 fully saturated rings. The van der Waals surface area contributed by atoms with E-state index in [1.54, 1.807) is 7.11 Å². The van der Waals surface area contributed by atoms with Crippen molar-refractivity contribution < 1.29 is 22.6 Å². The molecule has 0 aromatic heterocycles. The number of ether oxygens (including phenoxy) is 2. The number of methoxy groups -OCH3 is 1. The largest absolute Gasteiger partial charge is 0.411 e. The van der Waals surface area contributed by atoms with Crippen LogP contribution in [0.1, 0.15) is 25.7 Å². The average Bonchev–Trinajstić information content (AvgIpc) is 2.69. The van der Waals surface area contributed by atoms with Gasteiger partial charge in [0.05, 0.1) is 6.10 Å². The molecule has 0 aromatic carbocycles. The van der Waals surface area contributed by atoms with E-state index < -0.39 is 12.8 Å². The quantitative estimate of drug-likeness (QED) is 0.707. The van der Waals surface area contributed by atoms with E-state index in [0.29, 0.717) is 25.1 Å². The van der Waals surface area contributed by atoms with Gasteiger partial charge in [-0.2, -0.15) is 13.2 Å². The van der Waals surface area contributed by atoms with Crippen molar-refractivity contribution in [2.24, 2.45) is 0 Å². The highest BCUT2D eigenvalue weighted by atomic mass is 19.4. The van der Waals surface area contributed by atoms with E-state index in [1.807, 2.05) is 0 Å². The maximum atomic E-state index is 11.7. The summed E-state index contributed by atoms with van der Waals surface area (Å²) >= 11 is 0. The van der Waals surface area contributed by atoms with Crippen LogP contribution in [0.4, 0.5) is 13.2 Å². The Morgan fingerprint density at radius 2 is 2.06 bits per heavy atom. The molecule has 17 heavy (non-hydrogen) atoms. The molecule has 0 heterocycles. The molecular weight excluding hydrogens is 235 g/mol. The molecule has 1 N–H and O–H groups in total. The number of alkyl halides is 3. The van der Waals surface area contributed by atoms with Crippen LogP contribution in [0.15, 0.2) is 0 Å². The summed E-state index contributed by atoms with van der Waals surface area (Å²) in [5, 5.41) is 3.30. The molecule has 1 aliphatic rings. The molecule has 0 aliphatic heterocycles. The minimum atomic E-state index is -4.22. The highest BCUT2D eigenvalue weighted by molar-refractivity contribution is 4.80. The van der Waals surface area contributed by atoms with Gasteiger partial charge < -0.3 is 14.8 Å². The summed E-state index contributed by atoms with van der Waals surface area (Å²) in [5.41, 5.74) is 0. The average molecular weight is 255 g/mol. The first-order chi connectivity index (χ1) is 8.01. The first kappa shape index (κ1) is 14.7. The minimum absolute atomic E-state index is 0.146. The zero-order chi connectivity index (χ0) is 12.7. The highest BCUT2D eigenvalue weighted by Crippen LogP contribution is 2.21. The van der Waals surface area contributed by atoms with Crippen LogP contribution in [0.25, 0.3) is 0 Å². The van der Waals surface area contributed by atoms with Gasteiger partial charge in [-0.1, -0.05) is 0 Å². The van der Waals surface area contributed by atoms with Crippen LogP contribution < -0.4 is 5.32 Å². The fourth-order valence-corrected chi connectivity index (χ4v) is 2.01. The first-order valence-electron chi connectivity index (χ1n) is 5.92. The molecule has 102 valence electrons. The van der Waals surface area contributed by atoms with E-state index in [2.05, 4.69) is 10.1 Å². The molecule has 0 radical (unpaired) electrons. The van der Waals surface area contributed by atoms with Crippen LogP contribution >= 0.6 is 0 Å². The molecule has 2 atom stereocenters. The predicted octanol–water partition coefficient (Wildman–Crippen LogP) is 2.11.